The van der Waals surface area contributed by atoms with Crippen LogP contribution in [0.25, 0.3) is 0 Å². The van der Waals surface area contributed by atoms with Crippen molar-refractivity contribution >= 4 is 18.1 Å². The Kier molecular flexibility index (Phi) is 24.7. The number of carboxylic acid groups (broad SMARTS) is 2. The zero-order valence-electron chi connectivity index (χ0n) is 15.9. The van der Waals surface area contributed by atoms with Gasteiger partial charge in [0.25, 0.3) is 0 Å². The Balaban J connectivity index is -0.000000798. The summed E-state index contributed by atoms with van der Waals surface area (Å²) >= 11 is 0. The van der Waals surface area contributed by atoms with E-state index in [2.05, 4.69) is 0 Å². The molecule has 0 spiro atoms. The van der Waals surface area contributed by atoms with Gasteiger partial charge in [-0.05, 0) is 31.1 Å². The minimum absolute atomic E-state index is 0. The Hall–Kier alpha value is 0.703. The third kappa shape index (κ3) is 15.7. The maximum Gasteiger partial charge on any atom is 1.00 e. The van der Waals surface area contributed by atoms with E-state index in [1.54, 1.807) is 24.3 Å². The molecule has 7 nitrogen and oxygen atoms in total. The van der Waals surface area contributed by atoms with Gasteiger partial charge in [-0.2, -0.15) is 0 Å². The predicted molar refractivity (Wildman–Crippen MR) is 82.2 cm³/mol. The number of rotatable bonds is 8. The van der Waals surface area contributed by atoms with Crippen molar-refractivity contribution in [2.24, 2.45) is 0 Å². The quantitative estimate of drug-likeness (QED) is 0.237. The van der Waals surface area contributed by atoms with Crippen molar-refractivity contribution < 1.29 is 137 Å². The Morgan fingerprint density at radius 2 is 1.12 bits per heavy atom. The molecule has 0 saturated heterocycles. The number of carbonyl (C=O) groups excluding carboxylic acids is 3. The summed E-state index contributed by atoms with van der Waals surface area (Å²) in [6, 6.07) is 6.59. The first-order valence-electron chi connectivity index (χ1n) is 7.75. The largest absolute Gasteiger partial charge is 1.00 e. The number of esters is 2. The van der Waals surface area contributed by atoms with Crippen LogP contribution in [-0.2, 0) is 9.47 Å². The summed E-state index contributed by atoms with van der Waals surface area (Å²) in [5, 5.41) is 16.7. The van der Waals surface area contributed by atoms with Crippen LogP contribution in [0.15, 0.2) is 24.3 Å². The molecule has 0 aliphatic carbocycles. The molecule has 0 atom stereocenters. The van der Waals surface area contributed by atoms with Crippen molar-refractivity contribution in [1.82, 2.24) is 0 Å². The van der Waals surface area contributed by atoms with Crippen LogP contribution < -0.4 is 113 Å². The fraction of sp³-hybridized carbons (Fsp3) is 0.471. The summed E-state index contributed by atoms with van der Waals surface area (Å²) in [6.45, 7) is 4.78. The minimum Gasteiger partial charge on any atom is -0.652 e. The van der Waals surface area contributed by atoms with Gasteiger partial charge in [0, 0.05) is 0 Å². The third-order valence-corrected chi connectivity index (χ3v) is 2.83. The van der Waals surface area contributed by atoms with Gasteiger partial charge < -0.3 is 24.5 Å². The Bertz CT molecular complexity index is 491. The van der Waals surface area contributed by atoms with Crippen LogP contribution in [0.5, 0.6) is 0 Å². The van der Waals surface area contributed by atoms with Crippen molar-refractivity contribution in [1.29, 1.82) is 0 Å². The van der Waals surface area contributed by atoms with Crippen molar-refractivity contribution in [3.8, 4) is 0 Å². The maximum atomic E-state index is 11.9. The van der Waals surface area contributed by atoms with Crippen LogP contribution >= 0.6 is 0 Å². The molecule has 0 amide bonds. The zero-order valence-corrected chi connectivity index (χ0v) is 22.2. The molecule has 0 aliphatic heterocycles. The Morgan fingerprint density at radius 1 is 0.808 bits per heavy atom. The van der Waals surface area contributed by atoms with E-state index in [-0.39, 0.29) is 114 Å². The van der Waals surface area contributed by atoms with Crippen molar-refractivity contribution in [2.75, 3.05) is 13.2 Å². The van der Waals surface area contributed by atoms with E-state index in [1.165, 1.54) is 0 Å². The maximum absolute atomic E-state index is 11.9. The van der Waals surface area contributed by atoms with E-state index < -0.39 is 18.1 Å². The summed E-state index contributed by atoms with van der Waals surface area (Å²) < 4.78 is 10.3. The van der Waals surface area contributed by atoms with E-state index in [0.29, 0.717) is 13.2 Å². The molecule has 1 aromatic carbocycles. The number of hydrogen-bond acceptors (Lipinski definition) is 7. The molecule has 0 unspecified atom stereocenters. The minimum atomic E-state index is -2.33. The summed E-state index contributed by atoms with van der Waals surface area (Å²) in [5.41, 5.74) is 0.537. The fourth-order valence-corrected chi connectivity index (χ4v) is 1.61. The van der Waals surface area contributed by atoms with Crippen LogP contribution in [0.4, 0.5) is 4.79 Å². The van der Waals surface area contributed by atoms with Crippen molar-refractivity contribution in [3.05, 3.63) is 35.4 Å². The molecule has 0 aliphatic rings. The van der Waals surface area contributed by atoms with Gasteiger partial charge >= 0.3 is 115 Å². The molecule has 0 heterocycles. The molecule has 1 rings (SSSR count). The topological polar surface area (TPSA) is 116 Å². The van der Waals surface area contributed by atoms with E-state index in [4.69, 9.17) is 24.5 Å². The summed E-state index contributed by atoms with van der Waals surface area (Å²) in [4.78, 5) is 32.2. The molecule has 0 radical (unpaired) electrons. The molecule has 1 aromatic rings. The number of unbranched alkanes of at least 4 members (excludes halogenated alkanes) is 2. The van der Waals surface area contributed by atoms with Crippen LogP contribution in [0.2, 0.25) is 0 Å². The molecule has 134 valence electrons. The first-order valence-corrected chi connectivity index (χ1v) is 7.75. The molecule has 0 fully saturated rings. The molecular formula is C17H22K2O7. The van der Waals surface area contributed by atoms with Gasteiger partial charge in [0.05, 0.1) is 24.3 Å². The second-order valence-corrected chi connectivity index (χ2v) is 4.77. The van der Waals surface area contributed by atoms with E-state index in [9.17, 15) is 9.59 Å². The van der Waals surface area contributed by atoms with Crippen LogP contribution in [0, 0.1) is 0 Å². The third-order valence-electron chi connectivity index (χ3n) is 2.83. The summed E-state index contributed by atoms with van der Waals surface area (Å²) in [5.74, 6) is -0.942. The van der Waals surface area contributed by atoms with Gasteiger partial charge in [-0.25, -0.2) is 9.59 Å². The molecule has 26 heavy (non-hydrogen) atoms. The molecule has 9 heteroatoms. The van der Waals surface area contributed by atoms with Crippen molar-refractivity contribution in [3.63, 3.8) is 0 Å². The smallest absolute Gasteiger partial charge is 0.652 e. The standard InChI is InChI=1S/C16H22O4.CH2O3.2K/c1-3-5-11-19-15(17)13-9-7-8-10-14(13)16(18)20-12-6-4-2;2-1(3)4;;/h7-10H,3-6,11-12H2,1-2H3;(H2,2,3,4);;/q;;2*+1/p-2. The van der Waals surface area contributed by atoms with E-state index in [1.807, 2.05) is 13.8 Å². The van der Waals surface area contributed by atoms with E-state index in [0.717, 1.165) is 25.7 Å². The molecule has 0 saturated carbocycles. The first-order chi connectivity index (χ1) is 11.4. The van der Waals surface area contributed by atoms with Gasteiger partial charge in [0.1, 0.15) is 0 Å². The molecule has 0 N–H and O–H groups in total. The summed E-state index contributed by atoms with van der Waals surface area (Å²) in [6.07, 6.45) is 1.20. The molecule has 0 bridgehead atoms. The van der Waals surface area contributed by atoms with Gasteiger partial charge in [-0.15, -0.1) is 0 Å². The Labute approximate surface area is 239 Å². The predicted octanol–water partition coefficient (Wildman–Crippen LogP) is -4.84. The van der Waals surface area contributed by atoms with Gasteiger partial charge in [-0.1, -0.05) is 38.8 Å². The van der Waals surface area contributed by atoms with Gasteiger partial charge in [-0.3, -0.25) is 0 Å². The average molecular weight is 417 g/mol. The van der Waals surface area contributed by atoms with Crippen LogP contribution in [-0.4, -0.2) is 31.3 Å². The second kappa shape index (κ2) is 20.4. The fourth-order valence-electron chi connectivity index (χ4n) is 1.61. The average Bonchev–Trinajstić information content (AvgIpc) is 2.54. The van der Waals surface area contributed by atoms with Gasteiger partial charge in [0.15, 0.2) is 0 Å². The van der Waals surface area contributed by atoms with Crippen molar-refractivity contribution in [2.45, 2.75) is 39.5 Å². The van der Waals surface area contributed by atoms with E-state index >= 15 is 0 Å². The number of hydrogen-bond donors (Lipinski definition) is 0. The number of benzene rings is 1. The SMILES string of the molecule is CCCCOC(=O)c1ccccc1C(=O)OCCCC.O=C([O-])[O-].[K+].[K+]. The normalized spacial score (nSPS) is 8.69. The monoisotopic (exact) mass is 416 g/mol. The van der Waals surface area contributed by atoms with Crippen LogP contribution in [0.1, 0.15) is 60.2 Å². The number of ether oxygens (including phenoxy) is 2. The molecular weight excluding hydrogens is 394 g/mol. The second-order valence-electron chi connectivity index (χ2n) is 4.77. The summed E-state index contributed by atoms with van der Waals surface area (Å²) in [7, 11) is 0. The van der Waals surface area contributed by atoms with Crippen LogP contribution in [0.3, 0.4) is 0 Å². The number of carbonyl (C=O) groups is 3. The zero-order chi connectivity index (χ0) is 18.4. The van der Waals surface area contributed by atoms with Gasteiger partial charge in [0.2, 0.25) is 0 Å². The first kappa shape index (κ1) is 31.4. The molecule has 0 aromatic heterocycles. The Morgan fingerprint density at radius 3 is 1.38 bits per heavy atom.